The second-order valence-electron chi connectivity index (χ2n) is 6.30. The largest absolute Gasteiger partial charge is 0.480 e. The Balaban J connectivity index is 1.92. The molecule has 2 amide bonds. The van der Waals surface area contributed by atoms with Crippen molar-refractivity contribution in [2.45, 2.75) is 38.6 Å². The fourth-order valence-corrected chi connectivity index (χ4v) is 2.94. The third-order valence-corrected chi connectivity index (χ3v) is 4.46. The fourth-order valence-electron chi connectivity index (χ4n) is 2.94. The summed E-state index contributed by atoms with van der Waals surface area (Å²) in [7, 11) is 0. The van der Waals surface area contributed by atoms with Gasteiger partial charge in [0.15, 0.2) is 0 Å². The maximum Gasteiger partial charge on any atom is 0.326 e. The molecule has 0 heterocycles. The number of carboxylic acid groups (broad SMARTS) is 1. The first kappa shape index (κ1) is 18.0. The van der Waals surface area contributed by atoms with Gasteiger partial charge in [-0.05, 0) is 30.7 Å². The summed E-state index contributed by atoms with van der Waals surface area (Å²) in [6, 6.07) is 9.15. The Bertz CT molecular complexity index is 602. The molecule has 0 saturated heterocycles. The first-order valence-electron chi connectivity index (χ1n) is 8.21. The maximum absolute atomic E-state index is 12.5. The Hall–Kier alpha value is -2.37. The number of carboxylic acids is 1. The summed E-state index contributed by atoms with van der Waals surface area (Å²) < 4.78 is 0. The zero-order valence-corrected chi connectivity index (χ0v) is 14.1. The van der Waals surface area contributed by atoms with E-state index >= 15 is 0 Å². The predicted molar refractivity (Wildman–Crippen MR) is 89.4 cm³/mol. The molecule has 0 bridgehead atoms. The quantitative estimate of drug-likeness (QED) is 0.757. The summed E-state index contributed by atoms with van der Waals surface area (Å²) >= 11 is 0. The van der Waals surface area contributed by atoms with Crippen LogP contribution in [0.5, 0.6) is 0 Å². The van der Waals surface area contributed by atoms with Crippen LogP contribution in [0.3, 0.4) is 0 Å². The van der Waals surface area contributed by atoms with Gasteiger partial charge in [-0.25, -0.2) is 4.79 Å². The molecular weight excluding hydrogens is 308 g/mol. The Kier molecular flexibility index (Phi) is 5.95. The molecule has 24 heavy (non-hydrogen) atoms. The van der Waals surface area contributed by atoms with Crippen molar-refractivity contribution in [1.82, 2.24) is 10.2 Å². The predicted octanol–water partition coefficient (Wildman–Crippen LogP) is 1.62. The Labute approximate surface area is 141 Å². The van der Waals surface area contributed by atoms with Crippen LogP contribution in [0.25, 0.3) is 0 Å². The lowest BCUT2D eigenvalue weighted by Crippen LogP contribution is -2.46. The zero-order valence-electron chi connectivity index (χ0n) is 14.1. The van der Waals surface area contributed by atoms with Crippen LogP contribution in [0.15, 0.2) is 30.3 Å². The van der Waals surface area contributed by atoms with Crippen LogP contribution in [0.4, 0.5) is 0 Å². The highest BCUT2D eigenvalue weighted by atomic mass is 16.4. The van der Waals surface area contributed by atoms with Crippen LogP contribution in [-0.2, 0) is 14.4 Å². The summed E-state index contributed by atoms with van der Waals surface area (Å²) in [6.07, 6.45) is 1.30. The second-order valence-corrected chi connectivity index (χ2v) is 6.30. The van der Waals surface area contributed by atoms with Gasteiger partial charge in [0.25, 0.3) is 0 Å². The van der Waals surface area contributed by atoms with E-state index in [0.717, 1.165) is 6.42 Å². The highest BCUT2D eigenvalue weighted by Gasteiger charge is 2.41. The van der Waals surface area contributed by atoms with E-state index in [1.807, 2.05) is 18.2 Å². The van der Waals surface area contributed by atoms with Gasteiger partial charge in [0.2, 0.25) is 11.8 Å². The monoisotopic (exact) mass is 332 g/mol. The van der Waals surface area contributed by atoms with Crippen LogP contribution >= 0.6 is 0 Å². The smallest absolute Gasteiger partial charge is 0.326 e. The van der Waals surface area contributed by atoms with Gasteiger partial charge in [0.1, 0.15) is 6.04 Å². The zero-order chi connectivity index (χ0) is 17.7. The summed E-state index contributed by atoms with van der Waals surface area (Å²) in [6.45, 7) is 3.34. The van der Waals surface area contributed by atoms with E-state index in [4.69, 9.17) is 0 Å². The maximum atomic E-state index is 12.5. The van der Waals surface area contributed by atoms with Gasteiger partial charge in [-0.3, -0.25) is 9.59 Å². The van der Waals surface area contributed by atoms with Crippen molar-refractivity contribution in [3.8, 4) is 0 Å². The van der Waals surface area contributed by atoms with E-state index < -0.39 is 12.0 Å². The molecule has 1 fully saturated rings. The van der Waals surface area contributed by atoms with Gasteiger partial charge in [0, 0.05) is 26.4 Å². The van der Waals surface area contributed by atoms with Crippen molar-refractivity contribution in [2.24, 2.45) is 5.92 Å². The average molecular weight is 332 g/mol. The summed E-state index contributed by atoms with van der Waals surface area (Å²) in [5.41, 5.74) is 1.23. The van der Waals surface area contributed by atoms with E-state index in [9.17, 15) is 19.5 Å². The highest BCUT2D eigenvalue weighted by molar-refractivity contribution is 5.84. The summed E-state index contributed by atoms with van der Waals surface area (Å²) in [5.74, 6) is -0.756. The molecule has 1 aliphatic carbocycles. The fraction of sp³-hybridized carbons (Fsp3) is 0.500. The standard InChI is InChI=1S/C18H24N2O4/c1-12(18(23)24)20(9-8-19-13(2)21)17(22)11-15-10-16(15)14-6-4-3-5-7-14/h3-7,12,15-16H,8-11H2,1-2H3,(H,19,21)(H,23,24)/t12?,15-,16-/m0/s1. The van der Waals surface area contributed by atoms with Gasteiger partial charge in [-0.1, -0.05) is 30.3 Å². The highest BCUT2D eigenvalue weighted by Crippen LogP contribution is 2.49. The van der Waals surface area contributed by atoms with Crippen molar-refractivity contribution in [3.63, 3.8) is 0 Å². The normalized spacial score (nSPS) is 20.1. The van der Waals surface area contributed by atoms with Crippen molar-refractivity contribution in [1.29, 1.82) is 0 Å². The topological polar surface area (TPSA) is 86.7 Å². The first-order valence-corrected chi connectivity index (χ1v) is 8.21. The molecule has 130 valence electrons. The molecule has 1 aromatic carbocycles. The number of amides is 2. The summed E-state index contributed by atoms with van der Waals surface area (Å²) in [4.78, 5) is 36.1. The van der Waals surface area contributed by atoms with Gasteiger partial charge in [-0.15, -0.1) is 0 Å². The van der Waals surface area contributed by atoms with Crippen LogP contribution < -0.4 is 5.32 Å². The molecule has 1 unspecified atom stereocenters. The molecule has 3 atom stereocenters. The molecule has 2 rings (SSSR count). The number of aliphatic carboxylic acids is 1. The number of carbonyl (C=O) groups is 3. The number of nitrogens with zero attached hydrogens (tertiary/aromatic N) is 1. The van der Waals surface area contributed by atoms with E-state index in [1.54, 1.807) is 0 Å². The average Bonchev–Trinajstić information content (AvgIpc) is 3.30. The number of hydrogen-bond donors (Lipinski definition) is 2. The minimum absolute atomic E-state index is 0.168. The molecule has 0 radical (unpaired) electrons. The van der Waals surface area contributed by atoms with Crippen LogP contribution in [0, 0.1) is 5.92 Å². The minimum atomic E-state index is -1.04. The van der Waals surface area contributed by atoms with Crippen LogP contribution in [0.2, 0.25) is 0 Å². The van der Waals surface area contributed by atoms with E-state index in [0.29, 0.717) is 12.3 Å². The van der Waals surface area contributed by atoms with E-state index in [2.05, 4.69) is 17.4 Å². The lowest BCUT2D eigenvalue weighted by molar-refractivity contribution is -0.149. The molecule has 0 aliphatic heterocycles. The van der Waals surface area contributed by atoms with Gasteiger partial charge < -0.3 is 15.3 Å². The molecule has 6 nitrogen and oxygen atoms in total. The summed E-state index contributed by atoms with van der Waals surface area (Å²) in [5, 5.41) is 11.8. The Morgan fingerprint density at radius 1 is 1.29 bits per heavy atom. The molecular formula is C18H24N2O4. The molecule has 1 saturated carbocycles. The SMILES string of the molecule is CC(=O)NCCN(C(=O)C[C@@H]1C[C@H]1c1ccccc1)C(C)C(=O)O. The van der Waals surface area contributed by atoms with Crippen LogP contribution in [0.1, 0.15) is 38.2 Å². The second kappa shape index (κ2) is 7.95. The van der Waals surface area contributed by atoms with Gasteiger partial charge in [0.05, 0.1) is 0 Å². The lowest BCUT2D eigenvalue weighted by Gasteiger charge is -2.26. The third-order valence-electron chi connectivity index (χ3n) is 4.46. The van der Waals surface area contributed by atoms with Gasteiger partial charge >= 0.3 is 5.97 Å². The Morgan fingerprint density at radius 2 is 1.96 bits per heavy atom. The number of rotatable bonds is 8. The van der Waals surface area contributed by atoms with Crippen molar-refractivity contribution < 1.29 is 19.5 Å². The molecule has 1 aromatic rings. The van der Waals surface area contributed by atoms with Crippen molar-refractivity contribution >= 4 is 17.8 Å². The Morgan fingerprint density at radius 3 is 2.54 bits per heavy atom. The molecule has 0 aromatic heterocycles. The third kappa shape index (κ3) is 4.81. The number of benzene rings is 1. The number of nitrogens with one attached hydrogen (secondary N) is 1. The number of hydrogen-bond acceptors (Lipinski definition) is 3. The molecule has 0 spiro atoms. The molecule has 1 aliphatic rings. The minimum Gasteiger partial charge on any atom is -0.480 e. The first-order chi connectivity index (χ1) is 11.4. The molecule has 2 N–H and O–H groups in total. The lowest BCUT2D eigenvalue weighted by atomic mass is 10.1. The number of carbonyl (C=O) groups excluding carboxylic acids is 2. The van der Waals surface area contributed by atoms with E-state index in [-0.39, 0.29) is 30.8 Å². The van der Waals surface area contributed by atoms with Crippen molar-refractivity contribution in [3.05, 3.63) is 35.9 Å². The van der Waals surface area contributed by atoms with Crippen LogP contribution in [-0.4, -0.2) is 46.9 Å². The van der Waals surface area contributed by atoms with Gasteiger partial charge in [-0.2, -0.15) is 0 Å². The molecule has 6 heteroatoms. The van der Waals surface area contributed by atoms with E-state index in [1.165, 1.54) is 24.3 Å². The van der Waals surface area contributed by atoms with Crippen molar-refractivity contribution in [2.75, 3.05) is 13.1 Å².